The van der Waals surface area contributed by atoms with Gasteiger partial charge in [-0.1, -0.05) is 26.8 Å². The minimum Gasteiger partial charge on any atom is -0.391 e. The maximum Gasteiger partial charge on any atom is 0.252 e. The van der Waals surface area contributed by atoms with Crippen molar-refractivity contribution >= 4 is 16.8 Å². The van der Waals surface area contributed by atoms with Gasteiger partial charge in [-0.3, -0.25) is 4.79 Å². The Morgan fingerprint density at radius 2 is 2.10 bits per heavy atom. The van der Waals surface area contributed by atoms with Crippen molar-refractivity contribution in [3.05, 3.63) is 36.0 Å². The van der Waals surface area contributed by atoms with E-state index in [1.54, 1.807) is 6.07 Å². The molecule has 2 aromatic rings. The van der Waals surface area contributed by atoms with E-state index in [2.05, 4.69) is 31.1 Å². The molecule has 4 nitrogen and oxygen atoms in total. The molecule has 0 saturated carbocycles. The van der Waals surface area contributed by atoms with Gasteiger partial charge in [0.25, 0.3) is 5.91 Å². The lowest BCUT2D eigenvalue weighted by molar-refractivity contribution is 0.0870. The molecule has 0 aliphatic rings. The molecule has 1 atom stereocenters. The number of H-pyrrole nitrogens is 1. The van der Waals surface area contributed by atoms with E-state index in [1.807, 2.05) is 24.4 Å². The average molecular weight is 274 g/mol. The predicted molar refractivity (Wildman–Crippen MR) is 80.7 cm³/mol. The monoisotopic (exact) mass is 274 g/mol. The topological polar surface area (TPSA) is 65.1 Å². The molecule has 1 heterocycles. The Kier molecular flexibility index (Phi) is 4.14. The fourth-order valence-electron chi connectivity index (χ4n) is 2.37. The van der Waals surface area contributed by atoms with E-state index in [4.69, 9.17) is 0 Å². The van der Waals surface area contributed by atoms with Crippen molar-refractivity contribution in [3.63, 3.8) is 0 Å². The quantitative estimate of drug-likeness (QED) is 0.802. The number of hydrogen-bond acceptors (Lipinski definition) is 2. The first-order chi connectivity index (χ1) is 9.37. The summed E-state index contributed by atoms with van der Waals surface area (Å²) in [4.78, 5) is 15.3. The van der Waals surface area contributed by atoms with Gasteiger partial charge >= 0.3 is 0 Å². The number of amides is 1. The maximum atomic E-state index is 12.2. The number of benzene rings is 1. The van der Waals surface area contributed by atoms with Crippen LogP contribution in [0.2, 0.25) is 0 Å². The molecular weight excluding hydrogens is 252 g/mol. The van der Waals surface area contributed by atoms with Crippen molar-refractivity contribution in [1.82, 2.24) is 10.3 Å². The van der Waals surface area contributed by atoms with Crippen molar-refractivity contribution in [1.29, 1.82) is 0 Å². The third-order valence-electron chi connectivity index (χ3n) is 3.19. The van der Waals surface area contributed by atoms with Crippen LogP contribution in [0.5, 0.6) is 0 Å². The number of hydrogen-bond donors (Lipinski definition) is 3. The van der Waals surface area contributed by atoms with Crippen LogP contribution < -0.4 is 5.32 Å². The van der Waals surface area contributed by atoms with E-state index >= 15 is 0 Å². The molecule has 1 unspecified atom stereocenters. The van der Waals surface area contributed by atoms with Gasteiger partial charge in [-0.2, -0.15) is 0 Å². The van der Waals surface area contributed by atoms with Gasteiger partial charge < -0.3 is 15.4 Å². The Morgan fingerprint density at radius 1 is 1.35 bits per heavy atom. The minimum atomic E-state index is -0.524. The molecule has 0 bridgehead atoms. The standard InChI is InChI=1S/C16H22N2O2/c1-16(2,3)9-11(19)10-18-15(20)13-5-4-6-14-12(13)7-8-17-14/h4-8,11,17,19H,9-10H2,1-3H3,(H,18,20). The first-order valence-corrected chi connectivity index (χ1v) is 6.89. The number of rotatable bonds is 4. The Balaban J connectivity index is 2.00. The summed E-state index contributed by atoms with van der Waals surface area (Å²) in [7, 11) is 0. The largest absolute Gasteiger partial charge is 0.391 e. The van der Waals surface area contributed by atoms with E-state index in [-0.39, 0.29) is 17.9 Å². The molecule has 1 aromatic heterocycles. The molecule has 2 rings (SSSR count). The molecule has 0 aliphatic carbocycles. The van der Waals surface area contributed by atoms with E-state index < -0.39 is 6.10 Å². The Morgan fingerprint density at radius 3 is 2.80 bits per heavy atom. The number of fused-ring (bicyclic) bond motifs is 1. The summed E-state index contributed by atoms with van der Waals surface area (Å²) in [5, 5.41) is 13.6. The molecule has 4 heteroatoms. The summed E-state index contributed by atoms with van der Waals surface area (Å²) < 4.78 is 0. The van der Waals surface area contributed by atoms with Crippen LogP contribution in [0.15, 0.2) is 30.5 Å². The molecule has 1 amide bonds. The Labute approximate surface area is 119 Å². The first-order valence-electron chi connectivity index (χ1n) is 6.89. The second-order valence-electron chi connectivity index (χ2n) is 6.37. The summed E-state index contributed by atoms with van der Waals surface area (Å²) in [6.45, 7) is 6.48. The highest BCUT2D eigenvalue weighted by Gasteiger charge is 2.18. The average Bonchev–Trinajstić information content (AvgIpc) is 2.81. The van der Waals surface area contributed by atoms with Crippen molar-refractivity contribution in [2.75, 3.05) is 6.54 Å². The number of nitrogens with one attached hydrogen (secondary N) is 2. The minimum absolute atomic E-state index is 0.0464. The Bertz CT molecular complexity index is 596. The zero-order valence-corrected chi connectivity index (χ0v) is 12.2. The third-order valence-corrected chi connectivity index (χ3v) is 3.19. The van der Waals surface area contributed by atoms with Crippen LogP contribution in [0.1, 0.15) is 37.6 Å². The lowest BCUT2D eigenvalue weighted by Gasteiger charge is -2.22. The number of carbonyl (C=O) groups excluding carboxylic acids is 1. The lowest BCUT2D eigenvalue weighted by Crippen LogP contribution is -2.34. The summed E-state index contributed by atoms with van der Waals surface area (Å²) in [5.74, 6) is -0.150. The number of aromatic amines is 1. The molecule has 0 fully saturated rings. The van der Waals surface area contributed by atoms with Crippen molar-refractivity contribution in [3.8, 4) is 0 Å². The zero-order valence-electron chi connectivity index (χ0n) is 12.2. The molecule has 108 valence electrons. The first kappa shape index (κ1) is 14.6. The fourth-order valence-corrected chi connectivity index (χ4v) is 2.37. The van der Waals surface area contributed by atoms with Crippen LogP contribution in [0.3, 0.4) is 0 Å². The smallest absolute Gasteiger partial charge is 0.252 e. The van der Waals surface area contributed by atoms with Crippen LogP contribution in [-0.4, -0.2) is 28.6 Å². The summed E-state index contributed by atoms with van der Waals surface area (Å²) in [5.41, 5.74) is 1.62. The van der Waals surface area contributed by atoms with Gasteiger partial charge in [-0.05, 0) is 30.0 Å². The van der Waals surface area contributed by atoms with Gasteiger partial charge in [-0.15, -0.1) is 0 Å². The van der Waals surface area contributed by atoms with Crippen LogP contribution >= 0.6 is 0 Å². The van der Waals surface area contributed by atoms with Gasteiger partial charge in [0.1, 0.15) is 0 Å². The Hall–Kier alpha value is -1.81. The van der Waals surface area contributed by atoms with E-state index in [0.29, 0.717) is 12.0 Å². The summed E-state index contributed by atoms with van der Waals surface area (Å²) in [6.07, 6.45) is 1.95. The molecule has 0 spiro atoms. The van der Waals surface area contributed by atoms with Crippen LogP contribution in [0.4, 0.5) is 0 Å². The molecule has 0 aliphatic heterocycles. The van der Waals surface area contributed by atoms with E-state index in [9.17, 15) is 9.90 Å². The van der Waals surface area contributed by atoms with Crippen molar-refractivity contribution in [2.24, 2.45) is 5.41 Å². The fraction of sp³-hybridized carbons (Fsp3) is 0.438. The molecular formula is C16H22N2O2. The van der Waals surface area contributed by atoms with Gasteiger partial charge in [-0.25, -0.2) is 0 Å². The van der Waals surface area contributed by atoms with Crippen LogP contribution in [-0.2, 0) is 0 Å². The lowest BCUT2D eigenvalue weighted by atomic mass is 9.89. The van der Waals surface area contributed by atoms with E-state index in [0.717, 1.165) is 10.9 Å². The summed E-state index contributed by atoms with van der Waals surface area (Å²) >= 11 is 0. The highest BCUT2D eigenvalue weighted by molar-refractivity contribution is 6.06. The molecule has 1 aromatic carbocycles. The number of aliphatic hydroxyl groups excluding tert-OH is 1. The normalized spacial score (nSPS) is 13.4. The third kappa shape index (κ3) is 3.61. The van der Waals surface area contributed by atoms with Crippen molar-refractivity contribution in [2.45, 2.75) is 33.3 Å². The molecule has 3 N–H and O–H groups in total. The van der Waals surface area contributed by atoms with E-state index in [1.165, 1.54) is 0 Å². The van der Waals surface area contributed by atoms with Crippen molar-refractivity contribution < 1.29 is 9.90 Å². The number of aromatic nitrogens is 1. The maximum absolute atomic E-state index is 12.2. The SMILES string of the molecule is CC(C)(C)CC(O)CNC(=O)c1cccc2[nH]ccc12. The van der Waals surface area contributed by atoms with Gasteiger partial charge in [0, 0.05) is 29.2 Å². The van der Waals surface area contributed by atoms with Crippen LogP contribution in [0.25, 0.3) is 10.9 Å². The van der Waals surface area contributed by atoms with Crippen LogP contribution in [0, 0.1) is 5.41 Å². The van der Waals surface area contributed by atoms with Gasteiger partial charge in [0.05, 0.1) is 6.10 Å². The highest BCUT2D eigenvalue weighted by atomic mass is 16.3. The highest BCUT2D eigenvalue weighted by Crippen LogP contribution is 2.21. The predicted octanol–water partition coefficient (Wildman–Crippen LogP) is 2.69. The number of carbonyl (C=O) groups is 1. The van der Waals surface area contributed by atoms with Gasteiger partial charge in [0.2, 0.25) is 0 Å². The summed E-state index contributed by atoms with van der Waals surface area (Å²) in [6, 6.07) is 7.46. The second kappa shape index (κ2) is 5.67. The molecule has 0 saturated heterocycles. The zero-order chi connectivity index (χ0) is 14.8. The second-order valence-corrected chi connectivity index (χ2v) is 6.37. The molecule has 20 heavy (non-hydrogen) atoms. The number of aliphatic hydroxyl groups is 1. The van der Waals surface area contributed by atoms with Gasteiger partial charge in [0.15, 0.2) is 0 Å². The molecule has 0 radical (unpaired) electrons.